The van der Waals surface area contributed by atoms with E-state index in [0.717, 1.165) is 5.56 Å². The number of benzene rings is 2. The number of hydrogen-bond acceptors (Lipinski definition) is 6. The Balaban J connectivity index is 1.64. The van der Waals surface area contributed by atoms with E-state index >= 15 is 0 Å². The van der Waals surface area contributed by atoms with Crippen LogP contribution >= 0.6 is 0 Å². The van der Waals surface area contributed by atoms with Gasteiger partial charge in [0.05, 0.1) is 29.6 Å². The molecule has 0 radical (unpaired) electrons. The number of aromatic nitrogens is 2. The molecule has 0 aliphatic carbocycles. The molecule has 0 spiro atoms. The lowest BCUT2D eigenvalue weighted by Gasteiger charge is -2.09. The highest BCUT2D eigenvalue weighted by Crippen LogP contribution is 2.28. The van der Waals surface area contributed by atoms with E-state index in [4.69, 9.17) is 4.74 Å². The van der Waals surface area contributed by atoms with Gasteiger partial charge in [0, 0.05) is 28.9 Å². The summed E-state index contributed by atoms with van der Waals surface area (Å²) in [6.45, 7) is 2.26. The highest BCUT2D eigenvalue weighted by atomic mass is 16.5. The van der Waals surface area contributed by atoms with Gasteiger partial charge < -0.3 is 9.84 Å². The first-order valence-corrected chi connectivity index (χ1v) is 9.75. The van der Waals surface area contributed by atoms with Crippen LogP contribution in [0.3, 0.4) is 0 Å². The van der Waals surface area contributed by atoms with E-state index in [-0.39, 0.29) is 11.7 Å². The van der Waals surface area contributed by atoms with Crippen molar-refractivity contribution in [3.8, 4) is 22.8 Å². The summed E-state index contributed by atoms with van der Waals surface area (Å²) in [6.07, 6.45) is 4.76. The number of carbonyl (C=O) groups is 1. The summed E-state index contributed by atoms with van der Waals surface area (Å²) < 4.78 is 5.37. The number of hydrazone groups is 1. The van der Waals surface area contributed by atoms with Crippen LogP contribution in [0.25, 0.3) is 22.2 Å². The van der Waals surface area contributed by atoms with Crippen molar-refractivity contribution in [2.75, 3.05) is 6.61 Å². The quantitative estimate of drug-likeness (QED) is 0.366. The molecule has 0 saturated heterocycles. The van der Waals surface area contributed by atoms with Gasteiger partial charge in [0.15, 0.2) is 11.5 Å². The SMILES string of the molecule is CCOc1cccc(/C=N/NC(=O)c2cc(-c3cccnc3)nc3ccccc23)c1O. The summed E-state index contributed by atoms with van der Waals surface area (Å²) >= 11 is 0. The summed E-state index contributed by atoms with van der Waals surface area (Å²) in [6, 6.07) is 17.9. The number of aromatic hydroxyl groups is 1. The molecule has 2 heterocycles. The van der Waals surface area contributed by atoms with Gasteiger partial charge in [0.2, 0.25) is 0 Å². The fourth-order valence-electron chi connectivity index (χ4n) is 3.16. The molecule has 154 valence electrons. The number of ether oxygens (including phenoxy) is 1. The number of pyridine rings is 2. The Morgan fingerprint density at radius 1 is 1.16 bits per heavy atom. The number of phenols is 1. The third-order valence-corrected chi connectivity index (χ3v) is 4.62. The summed E-state index contributed by atoms with van der Waals surface area (Å²) in [7, 11) is 0. The van der Waals surface area contributed by atoms with E-state index in [9.17, 15) is 9.90 Å². The molecule has 4 rings (SSSR count). The first-order chi connectivity index (χ1) is 15.2. The lowest BCUT2D eigenvalue weighted by molar-refractivity contribution is 0.0956. The summed E-state index contributed by atoms with van der Waals surface area (Å²) in [4.78, 5) is 21.7. The second kappa shape index (κ2) is 9.04. The lowest BCUT2D eigenvalue weighted by Crippen LogP contribution is -2.18. The zero-order chi connectivity index (χ0) is 21.6. The zero-order valence-corrected chi connectivity index (χ0v) is 16.8. The monoisotopic (exact) mass is 412 g/mol. The molecular formula is C24H20N4O3. The van der Waals surface area contributed by atoms with Crippen LogP contribution in [-0.2, 0) is 0 Å². The summed E-state index contributed by atoms with van der Waals surface area (Å²) in [5.41, 5.74) is 5.55. The third-order valence-electron chi connectivity index (χ3n) is 4.62. The number of nitrogens with one attached hydrogen (secondary N) is 1. The van der Waals surface area contributed by atoms with Crippen LogP contribution in [0.5, 0.6) is 11.5 Å². The van der Waals surface area contributed by atoms with Crippen LogP contribution < -0.4 is 10.2 Å². The maximum atomic E-state index is 12.9. The Bertz CT molecular complexity index is 1260. The van der Waals surface area contributed by atoms with Crippen LogP contribution in [0, 0.1) is 0 Å². The Morgan fingerprint density at radius 3 is 2.84 bits per heavy atom. The van der Waals surface area contributed by atoms with Gasteiger partial charge in [-0.1, -0.05) is 24.3 Å². The predicted octanol–water partition coefficient (Wildman–Crippen LogP) is 4.17. The van der Waals surface area contributed by atoms with Gasteiger partial charge in [0.25, 0.3) is 5.91 Å². The van der Waals surface area contributed by atoms with E-state index in [1.165, 1.54) is 6.21 Å². The second-order valence-corrected chi connectivity index (χ2v) is 6.64. The number of hydrogen-bond donors (Lipinski definition) is 2. The summed E-state index contributed by atoms with van der Waals surface area (Å²) in [5, 5.41) is 15.0. The minimum Gasteiger partial charge on any atom is -0.504 e. The van der Waals surface area contributed by atoms with E-state index < -0.39 is 0 Å². The number of carbonyl (C=O) groups excluding carboxylic acids is 1. The fourth-order valence-corrected chi connectivity index (χ4v) is 3.16. The van der Waals surface area contributed by atoms with Crippen LogP contribution in [0.15, 0.2) is 78.2 Å². The van der Waals surface area contributed by atoms with Crippen molar-refractivity contribution in [3.63, 3.8) is 0 Å². The maximum absolute atomic E-state index is 12.9. The van der Waals surface area contributed by atoms with Crippen molar-refractivity contribution in [2.45, 2.75) is 6.92 Å². The number of fused-ring (bicyclic) bond motifs is 1. The number of phenolic OH excluding ortho intramolecular Hbond substituents is 1. The van der Waals surface area contributed by atoms with Crippen LogP contribution in [-0.4, -0.2) is 33.8 Å². The molecule has 0 aliphatic rings. The molecule has 7 nitrogen and oxygen atoms in total. The first kappa shape index (κ1) is 20.0. The van der Waals surface area contributed by atoms with Crippen molar-refractivity contribution >= 4 is 23.0 Å². The maximum Gasteiger partial charge on any atom is 0.272 e. The molecule has 0 saturated carbocycles. The second-order valence-electron chi connectivity index (χ2n) is 6.64. The Kier molecular flexibility index (Phi) is 5.84. The molecule has 2 N–H and O–H groups in total. The standard InChI is InChI=1S/C24H20N4O3/c1-2-31-22-11-5-7-17(23(22)29)15-26-28-24(30)19-13-21(16-8-6-12-25-14-16)27-20-10-4-3-9-18(19)20/h3-15,29H,2H2,1H3,(H,28,30)/b26-15+. The number of para-hydroxylation sites is 2. The van der Waals surface area contributed by atoms with Gasteiger partial charge >= 0.3 is 0 Å². The van der Waals surface area contributed by atoms with E-state index in [2.05, 4.69) is 20.5 Å². The number of rotatable bonds is 6. The Morgan fingerprint density at radius 2 is 2.03 bits per heavy atom. The van der Waals surface area contributed by atoms with Gasteiger partial charge in [0.1, 0.15) is 0 Å². The van der Waals surface area contributed by atoms with Crippen LogP contribution in [0.4, 0.5) is 0 Å². The average molecular weight is 412 g/mol. The minimum absolute atomic E-state index is 0.0319. The molecule has 0 fully saturated rings. The molecule has 2 aromatic heterocycles. The third kappa shape index (κ3) is 4.35. The molecule has 0 aliphatic heterocycles. The molecule has 4 aromatic rings. The topological polar surface area (TPSA) is 96.7 Å². The van der Waals surface area contributed by atoms with E-state index in [0.29, 0.717) is 40.1 Å². The highest BCUT2D eigenvalue weighted by molar-refractivity contribution is 6.07. The van der Waals surface area contributed by atoms with Crippen molar-refractivity contribution in [2.24, 2.45) is 5.10 Å². The van der Waals surface area contributed by atoms with Crippen molar-refractivity contribution < 1.29 is 14.6 Å². The molecule has 7 heteroatoms. The molecular weight excluding hydrogens is 392 g/mol. The van der Waals surface area contributed by atoms with E-state index in [1.807, 2.05) is 43.3 Å². The van der Waals surface area contributed by atoms with Gasteiger partial charge in [-0.05, 0) is 43.3 Å². The van der Waals surface area contributed by atoms with Gasteiger partial charge in [-0.25, -0.2) is 10.4 Å². The number of nitrogens with zero attached hydrogens (tertiary/aromatic N) is 3. The van der Waals surface area contributed by atoms with Gasteiger partial charge in [-0.3, -0.25) is 9.78 Å². The van der Waals surface area contributed by atoms with Crippen molar-refractivity contribution in [1.29, 1.82) is 0 Å². The lowest BCUT2D eigenvalue weighted by atomic mass is 10.0. The molecule has 31 heavy (non-hydrogen) atoms. The van der Waals surface area contributed by atoms with E-state index in [1.54, 1.807) is 36.7 Å². The fraction of sp³-hybridized carbons (Fsp3) is 0.0833. The Hall–Kier alpha value is -4.26. The highest BCUT2D eigenvalue weighted by Gasteiger charge is 2.14. The summed E-state index contributed by atoms with van der Waals surface area (Å²) in [5.74, 6) is -0.0602. The largest absolute Gasteiger partial charge is 0.504 e. The minimum atomic E-state index is -0.388. The first-order valence-electron chi connectivity index (χ1n) is 9.75. The van der Waals surface area contributed by atoms with Gasteiger partial charge in [-0.2, -0.15) is 5.10 Å². The molecule has 2 aromatic carbocycles. The van der Waals surface area contributed by atoms with Crippen LogP contribution in [0.1, 0.15) is 22.8 Å². The molecule has 1 amide bonds. The molecule has 0 unspecified atom stereocenters. The average Bonchev–Trinajstić information content (AvgIpc) is 2.81. The zero-order valence-electron chi connectivity index (χ0n) is 16.8. The van der Waals surface area contributed by atoms with Crippen molar-refractivity contribution in [3.05, 3.63) is 84.2 Å². The normalized spacial score (nSPS) is 11.0. The van der Waals surface area contributed by atoms with Gasteiger partial charge in [-0.15, -0.1) is 0 Å². The molecule has 0 bridgehead atoms. The predicted molar refractivity (Wildman–Crippen MR) is 119 cm³/mol. The van der Waals surface area contributed by atoms with Crippen LogP contribution in [0.2, 0.25) is 0 Å². The molecule has 0 atom stereocenters. The Labute approximate surface area is 179 Å². The number of amides is 1. The van der Waals surface area contributed by atoms with Crippen molar-refractivity contribution in [1.82, 2.24) is 15.4 Å². The smallest absolute Gasteiger partial charge is 0.272 e.